The number of nitrogens with zero attached hydrogens (tertiary/aromatic N) is 3. The zero-order valence-electron chi connectivity index (χ0n) is 19.0. The lowest BCUT2D eigenvalue weighted by atomic mass is 9.92. The van der Waals surface area contributed by atoms with Gasteiger partial charge in [-0.25, -0.2) is 4.98 Å². The summed E-state index contributed by atoms with van der Waals surface area (Å²) in [6.07, 6.45) is 1.33. The number of aromatic nitrogens is 2. The van der Waals surface area contributed by atoms with Crippen molar-refractivity contribution in [1.29, 1.82) is 0 Å². The molecule has 1 aromatic heterocycles. The number of Topliss-reactive ketones (excluding diaryl/α,β-unsaturated/α-hetero) is 1. The summed E-state index contributed by atoms with van der Waals surface area (Å²) >= 11 is 0. The second-order valence-corrected chi connectivity index (χ2v) is 8.34. The topological polar surface area (TPSA) is 104 Å². The number of nitro groups is 1. The van der Waals surface area contributed by atoms with E-state index in [9.17, 15) is 19.7 Å². The van der Waals surface area contributed by atoms with Gasteiger partial charge < -0.3 is 4.74 Å². The smallest absolute Gasteiger partial charge is 0.269 e. The van der Waals surface area contributed by atoms with E-state index < -0.39 is 4.92 Å². The maximum absolute atomic E-state index is 13.7. The van der Waals surface area contributed by atoms with Crippen molar-refractivity contribution in [3.05, 3.63) is 106 Å². The van der Waals surface area contributed by atoms with E-state index in [1.165, 1.54) is 18.2 Å². The summed E-state index contributed by atoms with van der Waals surface area (Å²) in [7, 11) is 1.57. The van der Waals surface area contributed by atoms with Crippen molar-refractivity contribution in [3.63, 3.8) is 0 Å². The predicted octanol–water partition coefficient (Wildman–Crippen LogP) is 5.69. The maximum Gasteiger partial charge on any atom is 0.269 e. The number of fused-ring (bicyclic) bond motifs is 4. The molecular weight excluding hydrogens is 458 g/mol. The van der Waals surface area contributed by atoms with Gasteiger partial charge in [0.15, 0.2) is 5.78 Å². The molecule has 1 aliphatic rings. The van der Waals surface area contributed by atoms with Gasteiger partial charge in [0, 0.05) is 51.7 Å². The largest absolute Gasteiger partial charge is 0.496 e. The molecule has 0 spiro atoms. The number of allylic oxidation sites excluding steroid dienone is 2. The van der Waals surface area contributed by atoms with Crippen molar-refractivity contribution in [3.8, 4) is 17.1 Å². The molecule has 0 N–H and O–H groups in total. The molecule has 1 heterocycles. The number of carbonyl (C=O) groups excluding carboxylic acids is 2. The SMILES string of the molecule is COc1cc2nc(-c3ccc([N+](=O)[O-])cc3)n(C3=CC(=O)c4ccccc4C3=O)c2c2ccccc12. The number of nitro benzene ring substituents is 1. The van der Waals surface area contributed by atoms with E-state index in [1.54, 1.807) is 54.1 Å². The first-order valence-electron chi connectivity index (χ1n) is 11.1. The molecule has 0 aliphatic heterocycles. The molecule has 36 heavy (non-hydrogen) atoms. The van der Waals surface area contributed by atoms with Crippen LogP contribution < -0.4 is 4.74 Å². The highest BCUT2D eigenvalue weighted by Crippen LogP contribution is 2.39. The first-order valence-corrected chi connectivity index (χ1v) is 11.1. The highest BCUT2D eigenvalue weighted by atomic mass is 16.6. The van der Waals surface area contributed by atoms with E-state index in [-0.39, 0.29) is 23.0 Å². The van der Waals surface area contributed by atoms with Crippen LogP contribution in [-0.2, 0) is 0 Å². The summed E-state index contributed by atoms with van der Waals surface area (Å²) in [6, 6.07) is 22.0. The molecule has 0 bridgehead atoms. The Hall–Kier alpha value is -5.11. The number of ether oxygens (including phenoxy) is 1. The third-order valence-corrected chi connectivity index (χ3v) is 6.35. The van der Waals surface area contributed by atoms with Crippen LogP contribution >= 0.6 is 0 Å². The Balaban J connectivity index is 1.71. The fraction of sp³-hybridized carbons (Fsp3) is 0.0357. The summed E-state index contributed by atoms with van der Waals surface area (Å²) < 4.78 is 7.28. The normalized spacial score (nSPS) is 13.1. The number of benzene rings is 4. The van der Waals surface area contributed by atoms with Crippen LogP contribution in [0.15, 0.2) is 84.9 Å². The number of hydrogen-bond donors (Lipinski definition) is 0. The molecule has 0 saturated carbocycles. The number of ketones is 2. The molecule has 8 heteroatoms. The number of non-ortho nitro benzene ring substituents is 1. The van der Waals surface area contributed by atoms with Gasteiger partial charge in [-0.3, -0.25) is 24.3 Å². The Morgan fingerprint density at radius 2 is 1.56 bits per heavy atom. The zero-order valence-corrected chi connectivity index (χ0v) is 19.0. The van der Waals surface area contributed by atoms with Crippen LogP contribution in [0.25, 0.3) is 38.9 Å². The quantitative estimate of drug-likeness (QED) is 0.244. The second kappa shape index (κ2) is 7.99. The fourth-order valence-corrected chi connectivity index (χ4v) is 4.70. The summed E-state index contributed by atoms with van der Waals surface area (Å²) in [6.45, 7) is 0. The zero-order chi connectivity index (χ0) is 25.0. The Bertz CT molecular complexity index is 1780. The molecule has 1 aliphatic carbocycles. The van der Waals surface area contributed by atoms with Crippen molar-refractivity contribution in [2.24, 2.45) is 0 Å². The van der Waals surface area contributed by atoms with Crippen molar-refractivity contribution in [1.82, 2.24) is 9.55 Å². The average molecular weight is 475 g/mol. The third-order valence-electron chi connectivity index (χ3n) is 6.35. The van der Waals surface area contributed by atoms with Gasteiger partial charge >= 0.3 is 0 Å². The van der Waals surface area contributed by atoms with Crippen LogP contribution in [0.3, 0.4) is 0 Å². The minimum Gasteiger partial charge on any atom is -0.496 e. The first kappa shape index (κ1) is 21.4. The van der Waals surface area contributed by atoms with Crippen LogP contribution in [0.2, 0.25) is 0 Å². The van der Waals surface area contributed by atoms with E-state index in [0.29, 0.717) is 39.3 Å². The molecular formula is C28H17N3O5. The second-order valence-electron chi connectivity index (χ2n) is 8.34. The summed E-state index contributed by atoms with van der Waals surface area (Å²) in [5.74, 6) is 0.399. The monoisotopic (exact) mass is 475 g/mol. The summed E-state index contributed by atoms with van der Waals surface area (Å²) in [5, 5.41) is 12.8. The van der Waals surface area contributed by atoms with Gasteiger partial charge in [0.25, 0.3) is 5.69 Å². The standard InChI is InChI=1S/C28H17N3O5/c1-36-25-14-22-26(20-8-4-3-7-19(20)25)30(28(29-22)16-10-12-17(13-11-16)31(34)35)23-15-24(32)18-6-2-5-9-21(18)27(23)33/h2-15H,1H3. The Kier molecular flexibility index (Phi) is 4.75. The predicted molar refractivity (Wildman–Crippen MR) is 135 cm³/mol. The first-order chi connectivity index (χ1) is 17.5. The highest BCUT2D eigenvalue weighted by molar-refractivity contribution is 6.36. The number of methoxy groups -OCH3 is 1. The third kappa shape index (κ3) is 3.12. The summed E-state index contributed by atoms with van der Waals surface area (Å²) in [5.41, 5.74) is 2.49. The van der Waals surface area contributed by atoms with Gasteiger partial charge in [0.05, 0.1) is 28.8 Å². The van der Waals surface area contributed by atoms with E-state index >= 15 is 0 Å². The molecule has 174 valence electrons. The number of rotatable bonds is 4. The van der Waals surface area contributed by atoms with Crippen molar-refractivity contribution < 1.29 is 19.2 Å². The lowest BCUT2D eigenvalue weighted by molar-refractivity contribution is -0.384. The molecule has 6 rings (SSSR count). The molecule has 0 amide bonds. The van der Waals surface area contributed by atoms with Crippen molar-refractivity contribution in [2.45, 2.75) is 0 Å². The van der Waals surface area contributed by atoms with Crippen LogP contribution in [0.5, 0.6) is 5.75 Å². The minimum absolute atomic E-state index is 0.0643. The van der Waals surface area contributed by atoms with Gasteiger partial charge in [-0.2, -0.15) is 0 Å². The molecule has 0 atom stereocenters. The van der Waals surface area contributed by atoms with Gasteiger partial charge in [0.2, 0.25) is 5.78 Å². The summed E-state index contributed by atoms with van der Waals surface area (Å²) in [4.78, 5) is 42.3. The number of carbonyl (C=O) groups is 2. The van der Waals surface area contributed by atoms with E-state index in [2.05, 4.69) is 0 Å². The molecule has 4 aromatic carbocycles. The Morgan fingerprint density at radius 3 is 2.25 bits per heavy atom. The number of hydrogen-bond acceptors (Lipinski definition) is 6. The lowest BCUT2D eigenvalue weighted by Gasteiger charge is -2.19. The van der Waals surface area contributed by atoms with Crippen LogP contribution in [0.4, 0.5) is 5.69 Å². The molecule has 0 saturated heterocycles. The fourth-order valence-electron chi connectivity index (χ4n) is 4.70. The van der Waals surface area contributed by atoms with Crippen molar-refractivity contribution >= 4 is 44.8 Å². The van der Waals surface area contributed by atoms with Gasteiger partial charge in [0.1, 0.15) is 11.6 Å². The maximum atomic E-state index is 13.7. The van der Waals surface area contributed by atoms with Gasteiger partial charge in [-0.15, -0.1) is 0 Å². The molecule has 0 fully saturated rings. The van der Waals surface area contributed by atoms with Crippen LogP contribution in [0, 0.1) is 10.1 Å². The van der Waals surface area contributed by atoms with Gasteiger partial charge in [-0.1, -0.05) is 48.5 Å². The minimum atomic E-state index is -0.478. The van der Waals surface area contributed by atoms with Crippen LogP contribution in [0.1, 0.15) is 20.7 Å². The van der Waals surface area contributed by atoms with E-state index in [0.717, 1.165) is 10.8 Å². The highest BCUT2D eigenvalue weighted by Gasteiger charge is 2.30. The Morgan fingerprint density at radius 1 is 0.889 bits per heavy atom. The Labute approximate surface area is 204 Å². The van der Waals surface area contributed by atoms with Gasteiger partial charge in [-0.05, 0) is 12.1 Å². The molecule has 0 radical (unpaired) electrons. The average Bonchev–Trinajstić information content (AvgIpc) is 3.29. The lowest BCUT2D eigenvalue weighted by Crippen LogP contribution is -2.20. The molecule has 5 aromatic rings. The van der Waals surface area contributed by atoms with E-state index in [4.69, 9.17) is 9.72 Å². The molecule has 0 unspecified atom stereocenters. The van der Waals surface area contributed by atoms with E-state index in [1.807, 2.05) is 24.3 Å². The molecule has 8 nitrogen and oxygen atoms in total. The van der Waals surface area contributed by atoms with Crippen molar-refractivity contribution in [2.75, 3.05) is 7.11 Å². The number of imidazole rings is 1. The van der Waals surface area contributed by atoms with Crippen LogP contribution in [-0.4, -0.2) is 33.2 Å².